The number of ether oxygens (including phenoxy) is 1. The number of methoxy groups -OCH3 is 1. The van der Waals surface area contributed by atoms with Gasteiger partial charge in [-0.05, 0) is 29.7 Å². The third-order valence-corrected chi connectivity index (χ3v) is 4.98. The predicted molar refractivity (Wildman–Crippen MR) is 100 cm³/mol. The van der Waals surface area contributed by atoms with E-state index >= 15 is 0 Å². The van der Waals surface area contributed by atoms with Crippen LogP contribution in [0.25, 0.3) is 0 Å². The quantitative estimate of drug-likeness (QED) is 0.512. The van der Waals surface area contributed by atoms with Crippen molar-refractivity contribution in [1.29, 1.82) is 0 Å². The van der Waals surface area contributed by atoms with Gasteiger partial charge in [-0.15, -0.1) is 5.10 Å². The summed E-state index contributed by atoms with van der Waals surface area (Å²) in [6.45, 7) is 0.572. The third kappa shape index (κ3) is 4.43. The number of carbonyl (C=O) groups excluding carboxylic acids is 1. The highest BCUT2D eigenvalue weighted by Crippen LogP contribution is 2.20. The van der Waals surface area contributed by atoms with Crippen LogP contribution in [-0.4, -0.2) is 27.8 Å². The number of aromatic amines is 1. The molecule has 0 aliphatic rings. The predicted octanol–water partition coefficient (Wildman–Crippen LogP) is 2.89. The zero-order valence-corrected chi connectivity index (χ0v) is 15.2. The van der Waals surface area contributed by atoms with Gasteiger partial charge >= 0.3 is 11.7 Å². The summed E-state index contributed by atoms with van der Waals surface area (Å²) in [6.07, 6.45) is 0.766. The summed E-state index contributed by atoms with van der Waals surface area (Å²) < 4.78 is 6.34. The lowest BCUT2D eigenvalue weighted by atomic mass is 10.1. The molecule has 3 rings (SSSR count). The number of aryl methyl sites for hydroxylation is 1. The van der Waals surface area contributed by atoms with E-state index in [2.05, 4.69) is 10.2 Å². The topological polar surface area (TPSA) is 77.0 Å². The van der Waals surface area contributed by atoms with E-state index in [1.165, 1.54) is 24.4 Å². The summed E-state index contributed by atoms with van der Waals surface area (Å²) in [5, 5.41) is 7.29. The first-order valence-electron chi connectivity index (χ1n) is 8.16. The molecule has 0 bridgehead atoms. The molecule has 0 radical (unpaired) electrons. The van der Waals surface area contributed by atoms with Gasteiger partial charge in [0.05, 0.1) is 12.7 Å². The number of esters is 1. The number of thioether (sulfide) groups is 1. The summed E-state index contributed by atoms with van der Waals surface area (Å²) in [4.78, 5) is 23.5. The van der Waals surface area contributed by atoms with Gasteiger partial charge in [-0.3, -0.25) is 4.57 Å². The highest BCUT2D eigenvalue weighted by Gasteiger charge is 2.10. The minimum atomic E-state index is -0.355. The maximum absolute atomic E-state index is 12.0. The standard InChI is InChI=1S/C19H19N3O3S/c1-25-17(23)16-9-7-15(8-10-16)13-26-19-21-20-18(24)22(19)12-11-14-5-3-2-4-6-14/h2-10H,11-13H2,1H3,(H,20,24). The van der Waals surface area contributed by atoms with Crippen molar-refractivity contribution in [3.63, 3.8) is 0 Å². The van der Waals surface area contributed by atoms with E-state index in [0.717, 1.165) is 12.0 Å². The Labute approximate surface area is 155 Å². The highest BCUT2D eigenvalue weighted by atomic mass is 32.2. The highest BCUT2D eigenvalue weighted by molar-refractivity contribution is 7.98. The minimum absolute atomic E-state index is 0.204. The average Bonchev–Trinajstić information content (AvgIpc) is 3.05. The summed E-state index contributed by atoms with van der Waals surface area (Å²) in [5.74, 6) is 0.295. The van der Waals surface area contributed by atoms with Crippen LogP contribution < -0.4 is 5.69 Å². The van der Waals surface area contributed by atoms with Gasteiger partial charge in [0.2, 0.25) is 0 Å². The number of nitrogens with zero attached hydrogens (tertiary/aromatic N) is 2. The SMILES string of the molecule is COC(=O)c1ccc(CSc2n[nH]c(=O)n2CCc2ccccc2)cc1. The van der Waals surface area contributed by atoms with E-state index in [-0.39, 0.29) is 11.7 Å². The Morgan fingerprint density at radius 3 is 2.54 bits per heavy atom. The van der Waals surface area contributed by atoms with E-state index in [9.17, 15) is 9.59 Å². The van der Waals surface area contributed by atoms with Crippen molar-refractivity contribution in [2.45, 2.75) is 23.9 Å². The van der Waals surface area contributed by atoms with Crippen LogP contribution in [0.5, 0.6) is 0 Å². The molecule has 134 valence electrons. The van der Waals surface area contributed by atoms with E-state index in [1.54, 1.807) is 16.7 Å². The second-order valence-corrected chi connectivity index (χ2v) is 6.62. The van der Waals surface area contributed by atoms with E-state index < -0.39 is 0 Å². The molecule has 0 unspecified atom stereocenters. The fourth-order valence-corrected chi connectivity index (χ4v) is 3.43. The molecule has 26 heavy (non-hydrogen) atoms. The van der Waals surface area contributed by atoms with Crippen LogP contribution >= 0.6 is 11.8 Å². The van der Waals surface area contributed by atoms with Crippen LogP contribution in [0.2, 0.25) is 0 Å². The summed E-state index contributed by atoms with van der Waals surface area (Å²) >= 11 is 1.48. The lowest BCUT2D eigenvalue weighted by molar-refractivity contribution is 0.0600. The van der Waals surface area contributed by atoms with Crippen molar-refractivity contribution < 1.29 is 9.53 Å². The lowest BCUT2D eigenvalue weighted by Crippen LogP contribution is -2.18. The molecule has 0 saturated heterocycles. The van der Waals surface area contributed by atoms with E-state index in [4.69, 9.17) is 4.74 Å². The number of nitrogens with one attached hydrogen (secondary N) is 1. The Morgan fingerprint density at radius 2 is 1.85 bits per heavy atom. The molecule has 7 heteroatoms. The van der Waals surface area contributed by atoms with Crippen molar-refractivity contribution >= 4 is 17.7 Å². The number of H-pyrrole nitrogens is 1. The van der Waals surface area contributed by atoms with Crippen LogP contribution in [0.1, 0.15) is 21.5 Å². The van der Waals surface area contributed by atoms with Crippen molar-refractivity contribution in [1.82, 2.24) is 14.8 Å². The van der Waals surface area contributed by atoms with Crippen molar-refractivity contribution in [2.24, 2.45) is 0 Å². The molecule has 3 aromatic rings. The van der Waals surface area contributed by atoms with Gasteiger partial charge < -0.3 is 4.74 Å². The van der Waals surface area contributed by atoms with Gasteiger partial charge in [0.15, 0.2) is 5.16 Å². The molecule has 0 amide bonds. The molecule has 2 aromatic carbocycles. The fourth-order valence-electron chi connectivity index (χ4n) is 2.50. The first-order valence-corrected chi connectivity index (χ1v) is 9.15. The van der Waals surface area contributed by atoms with Crippen LogP contribution in [0.4, 0.5) is 0 Å². The van der Waals surface area contributed by atoms with Crippen LogP contribution in [-0.2, 0) is 23.5 Å². The van der Waals surface area contributed by atoms with Crippen LogP contribution in [0.3, 0.4) is 0 Å². The molecule has 0 spiro atoms. The summed E-state index contributed by atoms with van der Waals surface area (Å²) in [6, 6.07) is 17.2. The number of aromatic nitrogens is 3. The van der Waals surface area contributed by atoms with Gasteiger partial charge in [0.1, 0.15) is 0 Å². The smallest absolute Gasteiger partial charge is 0.343 e. The van der Waals surface area contributed by atoms with Gasteiger partial charge in [-0.2, -0.15) is 0 Å². The summed E-state index contributed by atoms with van der Waals surface area (Å²) in [7, 11) is 1.36. The number of benzene rings is 2. The molecule has 0 fully saturated rings. The molecule has 0 aliphatic carbocycles. The normalized spacial score (nSPS) is 10.7. The zero-order valence-electron chi connectivity index (χ0n) is 14.3. The Balaban J connectivity index is 1.63. The average molecular weight is 369 g/mol. The molecular weight excluding hydrogens is 350 g/mol. The van der Waals surface area contributed by atoms with E-state index in [1.807, 2.05) is 42.5 Å². The van der Waals surface area contributed by atoms with Crippen molar-refractivity contribution in [3.05, 3.63) is 81.8 Å². The maximum Gasteiger partial charge on any atom is 0.343 e. The third-order valence-electron chi connectivity index (χ3n) is 3.93. The Kier molecular flexibility index (Phi) is 5.91. The number of hydrogen-bond acceptors (Lipinski definition) is 5. The Hall–Kier alpha value is -2.80. The second kappa shape index (κ2) is 8.53. The first kappa shape index (κ1) is 18.0. The number of rotatable bonds is 7. The summed E-state index contributed by atoms with van der Waals surface area (Å²) in [5.41, 5.74) is 2.52. The second-order valence-electron chi connectivity index (χ2n) is 5.68. The largest absolute Gasteiger partial charge is 0.465 e. The lowest BCUT2D eigenvalue weighted by Gasteiger charge is -2.06. The van der Waals surface area contributed by atoms with E-state index in [0.29, 0.717) is 23.0 Å². The van der Waals surface area contributed by atoms with Crippen molar-refractivity contribution in [2.75, 3.05) is 7.11 Å². The molecule has 6 nitrogen and oxygen atoms in total. The molecule has 1 N–H and O–H groups in total. The molecule has 0 aliphatic heterocycles. The first-order chi connectivity index (χ1) is 12.7. The number of carbonyl (C=O) groups is 1. The molecule has 0 saturated carbocycles. The van der Waals surface area contributed by atoms with Crippen molar-refractivity contribution in [3.8, 4) is 0 Å². The van der Waals surface area contributed by atoms with Gasteiger partial charge in [-0.25, -0.2) is 14.7 Å². The van der Waals surface area contributed by atoms with Gasteiger partial charge in [0.25, 0.3) is 0 Å². The monoisotopic (exact) mass is 369 g/mol. The molecule has 1 aromatic heterocycles. The minimum Gasteiger partial charge on any atom is -0.465 e. The molecule has 1 heterocycles. The Morgan fingerprint density at radius 1 is 1.12 bits per heavy atom. The van der Waals surface area contributed by atoms with Crippen LogP contribution in [0.15, 0.2) is 64.5 Å². The van der Waals surface area contributed by atoms with Crippen LogP contribution in [0, 0.1) is 0 Å². The zero-order chi connectivity index (χ0) is 18.4. The Bertz CT molecular complexity index is 917. The van der Waals surface area contributed by atoms with Gasteiger partial charge in [-0.1, -0.05) is 54.2 Å². The number of hydrogen-bond donors (Lipinski definition) is 1. The molecular formula is C19H19N3O3S. The molecule has 0 atom stereocenters. The fraction of sp³-hybridized carbons (Fsp3) is 0.211. The maximum atomic E-state index is 12.0. The van der Waals surface area contributed by atoms with Gasteiger partial charge in [0, 0.05) is 12.3 Å².